The van der Waals surface area contributed by atoms with E-state index in [2.05, 4.69) is 36.5 Å². The molecule has 2 amide bonds. The van der Waals surface area contributed by atoms with Crippen LogP contribution in [0.15, 0.2) is 82.6 Å². The van der Waals surface area contributed by atoms with Gasteiger partial charge >= 0.3 is 0 Å². The number of amides is 2. The maximum Gasteiger partial charge on any atom is 0.265 e. The van der Waals surface area contributed by atoms with E-state index in [0.29, 0.717) is 17.0 Å². The number of fused-ring (bicyclic) bond motifs is 1. The Hall–Kier alpha value is -3.31. The molecule has 33 heavy (non-hydrogen) atoms. The summed E-state index contributed by atoms with van der Waals surface area (Å²) in [6, 6.07) is 23.8. The van der Waals surface area contributed by atoms with Crippen molar-refractivity contribution in [1.29, 1.82) is 0 Å². The predicted molar refractivity (Wildman–Crippen MR) is 136 cm³/mol. The number of anilines is 1. The SMILES string of the molecule is CCC(C)NC(=O)c1ccc(/C=C2/Sc3ccccc3N(Cc3ccc(C)cc3)C2=O)cc1. The van der Waals surface area contributed by atoms with Gasteiger partial charge in [0.1, 0.15) is 0 Å². The number of carbonyl (C=O) groups excluding carboxylic acids is 2. The van der Waals surface area contributed by atoms with Crippen molar-refractivity contribution in [2.75, 3.05) is 4.90 Å². The van der Waals surface area contributed by atoms with Crippen LogP contribution < -0.4 is 10.2 Å². The van der Waals surface area contributed by atoms with Crippen molar-refractivity contribution in [3.05, 3.63) is 100.0 Å². The second kappa shape index (κ2) is 10.1. The topological polar surface area (TPSA) is 49.4 Å². The summed E-state index contributed by atoms with van der Waals surface area (Å²) in [6.07, 6.45) is 2.79. The minimum absolute atomic E-state index is 0.0159. The van der Waals surface area contributed by atoms with Gasteiger partial charge in [0, 0.05) is 16.5 Å². The molecule has 1 unspecified atom stereocenters. The molecule has 5 heteroatoms. The second-order valence-electron chi connectivity index (χ2n) is 8.36. The number of carbonyl (C=O) groups is 2. The highest BCUT2D eigenvalue weighted by Crippen LogP contribution is 2.42. The molecule has 1 aliphatic rings. The fraction of sp³-hybridized carbons (Fsp3) is 0.214. The van der Waals surface area contributed by atoms with Crippen LogP contribution in [-0.4, -0.2) is 17.9 Å². The Morgan fingerprint density at radius 3 is 2.42 bits per heavy atom. The van der Waals surface area contributed by atoms with Gasteiger partial charge in [-0.15, -0.1) is 0 Å². The molecule has 0 spiro atoms. The summed E-state index contributed by atoms with van der Waals surface area (Å²) >= 11 is 1.49. The molecule has 4 nitrogen and oxygen atoms in total. The fourth-order valence-corrected chi connectivity index (χ4v) is 4.65. The van der Waals surface area contributed by atoms with Crippen LogP contribution in [0.3, 0.4) is 0 Å². The molecule has 0 aliphatic carbocycles. The monoisotopic (exact) mass is 456 g/mol. The smallest absolute Gasteiger partial charge is 0.265 e. The number of nitrogens with one attached hydrogen (secondary N) is 1. The van der Waals surface area contributed by atoms with Crippen molar-refractivity contribution < 1.29 is 9.59 Å². The third kappa shape index (κ3) is 5.37. The van der Waals surface area contributed by atoms with Crippen LogP contribution in [0.5, 0.6) is 0 Å². The molecular weight excluding hydrogens is 428 g/mol. The van der Waals surface area contributed by atoms with E-state index in [0.717, 1.165) is 28.1 Å². The first-order valence-corrected chi connectivity index (χ1v) is 12.0. The zero-order chi connectivity index (χ0) is 23.4. The van der Waals surface area contributed by atoms with Gasteiger partial charge in [-0.25, -0.2) is 0 Å². The Bertz CT molecular complexity index is 1180. The fourth-order valence-electron chi connectivity index (χ4n) is 3.59. The van der Waals surface area contributed by atoms with Gasteiger partial charge in [0.15, 0.2) is 0 Å². The molecule has 168 valence electrons. The standard InChI is InChI=1S/C28H28N2O2S/c1-4-20(3)29-27(31)23-15-13-21(14-16-23)17-26-28(32)30(18-22-11-9-19(2)10-12-22)24-7-5-6-8-25(24)33-26/h5-17,20H,4,18H2,1-3H3,(H,29,31)/b26-17+. The first-order valence-electron chi connectivity index (χ1n) is 11.2. The third-order valence-electron chi connectivity index (χ3n) is 5.75. The van der Waals surface area contributed by atoms with E-state index in [9.17, 15) is 9.59 Å². The van der Waals surface area contributed by atoms with Crippen LogP contribution in [0, 0.1) is 6.92 Å². The molecule has 0 saturated heterocycles. The predicted octanol–water partition coefficient (Wildman–Crippen LogP) is 6.20. The van der Waals surface area contributed by atoms with Crippen LogP contribution >= 0.6 is 11.8 Å². The van der Waals surface area contributed by atoms with Crippen LogP contribution in [-0.2, 0) is 11.3 Å². The second-order valence-corrected chi connectivity index (χ2v) is 9.44. The lowest BCUT2D eigenvalue weighted by Gasteiger charge is -2.30. The summed E-state index contributed by atoms with van der Waals surface area (Å²) in [4.78, 5) is 29.4. The van der Waals surface area contributed by atoms with E-state index in [4.69, 9.17) is 0 Å². The zero-order valence-corrected chi connectivity index (χ0v) is 20.0. The van der Waals surface area contributed by atoms with Crippen molar-refractivity contribution >= 4 is 35.3 Å². The van der Waals surface area contributed by atoms with Gasteiger partial charge in [0.05, 0.1) is 17.1 Å². The van der Waals surface area contributed by atoms with Crippen molar-refractivity contribution in [2.24, 2.45) is 0 Å². The number of rotatable bonds is 6. The number of hydrogen-bond donors (Lipinski definition) is 1. The van der Waals surface area contributed by atoms with E-state index >= 15 is 0 Å². The van der Waals surface area contributed by atoms with Gasteiger partial charge in [-0.05, 0) is 61.7 Å². The highest BCUT2D eigenvalue weighted by atomic mass is 32.2. The molecule has 4 rings (SSSR count). The van der Waals surface area contributed by atoms with E-state index in [1.807, 2.05) is 61.2 Å². The van der Waals surface area contributed by atoms with Crippen LogP contribution in [0.2, 0.25) is 0 Å². The van der Waals surface area contributed by atoms with E-state index in [1.165, 1.54) is 17.3 Å². The Kier molecular flexibility index (Phi) is 6.99. The molecule has 1 aliphatic heterocycles. The lowest BCUT2D eigenvalue weighted by molar-refractivity contribution is -0.114. The van der Waals surface area contributed by atoms with Crippen LogP contribution in [0.1, 0.15) is 47.3 Å². The largest absolute Gasteiger partial charge is 0.350 e. The van der Waals surface area contributed by atoms with Gasteiger partial charge in [-0.2, -0.15) is 0 Å². The third-order valence-corrected chi connectivity index (χ3v) is 6.83. The summed E-state index contributed by atoms with van der Waals surface area (Å²) in [5.74, 6) is -0.0947. The lowest BCUT2D eigenvalue weighted by atomic mass is 10.1. The molecule has 1 atom stereocenters. The molecular formula is C28H28N2O2S. The van der Waals surface area contributed by atoms with Gasteiger partial charge in [0.25, 0.3) is 11.8 Å². The maximum atomic E-state index is 13.5. The Morgan fingerprint density at radius 1 is 1.03 bits per heavy atom. The number of benzene rings is 3. The number of thioether (sulfide) groups is 1. The number of hydrogen-bond acceptors (Lipinski definition) is 3. The highest BCUT2D eigenvalue weighted by molar-refractivity contribution is 8.04. The van der Waals surface area contributed by atoms with Gasteiger partial charge in [-0.3, -0.25) is 9.59 Å². The van der Waals surface area contributed by atoms with E-state index in [-0.39, 0.29) is 17.9 Å². The number of aryl methyl sites for hydroxylation is 1. The summed E-state index contributed by atoms with van der Waals surface area (Å²) in [5, 5.41) is 2.98. The number of nitrogens with zero attached hydrogens (tertiary/aromatic N) is 1. The van der Waals surface area contributed by atoms with Gasteiger partial charge in [-0.1, -0.05) is 72.8 Å². The van der Waals surface area contributed by atoms with Crippen LogP contribution in [0.25, 0.3) is 6.08 Å². The Labute approximate surface area is 199 Å². The Morgan fingerprint density at radius 2 is 1.73 bits per heavy atom. The molecule has 0 bridgehead atoms. The van der Waals surface area contributed by atoms with Crippen molar-refractivity contribution in [3.63, 3.8) is 0 Å². The quantitative estimate of drug-likeness (QED) is 0.449. The first kappa shape index (κ1) is 22.9. The maximum absolute atomic E-state index is 13.5. The molecule has 3 aromatic rings. The molecule has 1 heterocycles. The van der Waals surface area contributed by atoms with Gasteiger partial charge < -0.3 is 10.2 Å². The van der Waals surface area contributed by atoms with E-state index < -0.39 is 0 Å². The molecule has 3 aromatic carbocycles. The molecule has 0 saturated carbocycles. The van der Waals surface area contributed by atoms with E-state index in [1.54, 1.807) is 12.1 Å². The minimum atomic E-state index is -0.0788. The lowest BCUT2D eigenvalue weighted by Crippen LogP contribution is -2.33. The highest BCUT2D eigenvalue weighted by Gasteiger charge is 2.29. The number of para-hydroxylation sites is 1. The minimum Gasteiger partial charge on any atom is -0.350 e. The summed E-state index contributed by atoms with van der Waals surface area (Å²) in [5.41, 5.74) is 4.72. The summed E-state index contributed by atoms with van der Waals surface area (Å²) in [7, 11) is 0. The molecule has 0 aromatic heterocycles. The van der Waals surface area contributed by atoms with Crippen molar-refractivity contribution in [2.45, 2.75) is 44.7 Å². The van der Waals surface area contributed by atoms with Crippen molar-refractivity contribution in [1.82, 2.24) is 5.32 Å². The van der Waals surface area contributed by atoms with Crippen molar-refractivity contribution in [3.8, 4) is 0 Å². The average molecular weight is 457 g/mol. The average Bonchev–Trinajstić information content (AvgIpc) is 2.83. The molecule has 1 N–H and O–H groups in total. The van der Waals surface area contributed by atoms with Crippen LogP contribution in [0.4, 0.5) is 5.69 Å². The van der Waals surface area contributed by atoms with Gasteiger partial charge in [0.2, 0.25) is 0 Å². The molecule has 0 radical (unpaired) electrons. The zero-order valence-electron chi connectivity index (χ0n) is 19.2. The normalized spacial score (nSPS) is 15.3. The molecule has 0 fully saturated rings. The Balaban J connectivity index is 1.59. The first-order chi connectivity index (χ1) is 15.9. The summed E-state index contributed by atoms with van der Waals surface area (Å²) < 4.78 is 0. The summed E-state index contributed by atoms with van der Waals surface area (Å²) in [6.45, 7) is 6.60.